The Morgan fingerprint density at radius 2 is 1.60 bits per heavy atom. The first-order valence-electron chi connectivity index (χ1n) is 4.19. The molecule has 2 heteroatoms. The lowest BCUT2D eigenvalue weighted by atomic mass is 9.97. The summed E-state index contributed by atoms with van der Waals surface area (Å²) in [6, 6.07) is 1.28. The molecule has 1 heterocycles. The summed E-state index contributed by atoms with van der Waals surface area (Å²) in [5.41, 5.74) is 0. The second kappa shape index (κ2) is 2.51. The lowest BCUT2D eigenvalue weighted by Gasteiger charge is -2.43. The second-order valence-corrected chi connectivity index (χ2v) is 3.85. The van der Waals surface area contributed by atoms with Crippen LogP contribution in [-0.2, 0) is 0 Å². The van der Waals surface area contributed by atoms with Crippen LogP contribution in [0.2, 0.25) is 0 Å². The Morgan fingerprint density at radius 1 is 1.20 bits per heavy atom. The zero-order valence-electron chi connectivity index (χ0n) is 7.30. The molecular formula is C8H19N2+. The highest BCUT2D eigenvalue weighted by atomic mass is 15.6. The molecule has 1 rings (SSSR count). The van der Waals surface area contributed by atoms with E-state index in [9.17, 15) is 0 Å². The van der Waals surface area contributed by atoms with Crippen LogP contribution in [0.1, 0.15) is 33.1 Å². The van der Waals surface area contributed by atoms with Crippen molar-refractivity contribution in [2.75, 3.05) is 7.05 Å². The maximum Gasteiger partial charge on any atom is 0.103 e. The quantitative estimate of drug-likeness (QED) is 0.401. The molecule has 0 aromatic carbocycles. The van der Waals surface area contributed by atoms with Crippen LogP contribution < -0.4 is 5.84 Å². The van der Waals surface area contributed by atoms with E-state index in [4.69, 9.17) is 5.84 Å². The fourth-order valence-corrected chi connectivity index (χ4v) is 1.70. The summed E-state index contributed by atoms with van der Waals surface area (Å²) < 4.78 is 0.722. The summed E-state index contributed by atoms with van der Waals surface area (Å²) in [4.78, 5) is 0. The SMILES string of the molecule is C[C@@H]1CCC[C@@H](C)[N+]1(C)N. The molecule has 0 unspecified atom stereocenters. The molecule has 60 valence electrons. The van der Waals surface area contributed by atoms with Gasteiger partial charge in [-0.3, -0.25) is 0 Å². The number of nitrogens with two attached hydrogens (primary N) is 1. The number of hydrogen-bond acceptors (Lipinski definition) is 1. The van der Waals surface area contributed by atoms with Crippen molar-refractivity contribution in [3.05, 3.63) is 0 Å². The molecule has 1 fully saturated rings. The van der Waals surface area contributed by atoms with Crippen molar-refractivity contribution in [3.8, 4) is 0 Å². The van der Waals surface area contributed by atoms with Crippen molar-refractivity contribution in [2.45, 2.75) is 45.2 Å². The molecular weight excluding hydrogens is 124 g/mol. The molecule has 0 aromatic heterocycles. The number of rotatable bonds is 0. The maximum atomic E-state index is 6.10. The van der Waals surface area contributed by atoms with E-state index in [0.29, 0.717) is 12.1 Å². The third-order valence-electron chi connectivity index (χ3n) is 3.14. The van der Waals surface area contributed by atoms with Gasteiger partial charge in [-0.2, -0.15) is 5.84 Å². The van der Waals surface area contributed by atoms with Crippen molar-refractivity contribution in [2.24, 2.45) is 5.84 Å². The van der Waals surface area contributed by atoms with E-state index in [1.54, 1.807) is 0 Å². The molecule has 2 N–H and O–H groups in total. The third-order valence-corrected chi connectivity index (χ3v) is 3.14. The first-order chi connectivity index (χ1) is 4.55. The van der Waals surface area contributed by atoms with Gasteiger partial charge in [0.05, 0.1) is 7.05 Å². The molecule has 1 aliphatic rings. The van der Waals surface area contributed by atoms with Crippen molar-refractivity contribution in [3.63, 3.8) is 0 Å². The molecule has 0 amide bonds. The van der Waals surface area contributed by atoms with E-state index in [0.717, 1.165) is 4.59 Å². The normalized spacial score (nSPS) is 39.6. The molecule has 1 saturated heterocycles. The predicted molar refractivity (Wildman–Crippen MR) is 43.1 cm³/mol. The van der Waals surface area contributed by atoms with Crippen LogP contribution >= 0.6 is 0 Å². The first-order valence-corrected chi connectivity index (χ1v) is 4.19. The molecule has 0 spiro atoms. The van der Waals surface area contributed by atoms with Crippen LogP contribution in [0, 0.1) is 0 Å². The number of hydrogen-bond donors (Lipinski definition) is 1. The lowest BCUT2D eigenvalue weighted by molar-refractivity contribution is -0.969. The maximum absolute atomic E-state index is 6.10. The average molecular weight is 143 g/mol. The summed E-state index contributed by atoms with van der Waals surface area (Å²) in [6.07, 6.45) is 3.93. The monoisotopic (exact) mass is 143 g/mol. The second-order valence-electron chi connectivity index (χ2n) is 3.85. The van der Waals surface area contributed by atoms with Crippen LogP contribution in [-0.4, -0.2) is 23.7 Å². The molecule has 0 aliphatic carbocycles. The van der Waals surface area contributed by atoms with Gasteiger partial charge in [0.25, 0.3) is 0 Å². The molecule has 10 heavy (non-hydrogen) atoms. The molecule has 0 bridgehead atoms. The summed E-state index contributed by atoms with van der Waals surface area (Å²) in [5.74, 6) is 6.10. The Bertz CT molecular complexity index is 108. The molecule has 0 saturated carbocycles. The van der Waals surface area contributed by atoms with Gasteiger partial charge < -0.3 is 0 Å². The van der Waals surface area contributed by atoms with Crippen molar-refractivity contribution in [1.29, 1.82) is 0 Å². The molecule has 2 nitrogen and oxygen atoms in total. The Morgan fingerprint density at radius 3 is 1.90 bits per heavy atom. The van der Waals surface area contributed by atoms with E-state index >= 15 is 0 Å². The number of piperidine rings is 1. The summed E-state index contributed by atoms with van der Waals surface area (Å²) in [5, 5.41) is 0. The minimum Gasteiger partial charge on any atom is -0.246 e. The standard InChI is InChI=1S/C8H19N2/c1-7-5-4-6-8(2)10(7,3)9/h7-8H,4-6,9H2,1-3H3/q+1/t7-,8-/m1/s1. The fraction of sp³-hybridized carbons (Fsp3) is 1.00. The predicted octanol–water partition coefficient (Wildman–Crippen LogP) is 1.27. The van der Waals surface area contributed by atoms with Crippen LogP contribution in [0.15, 0.2) is 0 Å². The van der Waals surface area contributed by atoms with Gasteiger partial charge in [-0.1, -0.05) is 0 Å². The minimum atomic E-state index is 0.642. The van der Waals surface area contributed by atoms with Crippen molar-refractivity contribution in [1.82, 2.24) is 0 Å². The highest BCUT2D eigenvalue weighted by molar-refractivity contribution is 4.64. The van der Waals surface area contributed by atoms with Gasteiger partial charge in [-0.05, 0) is 20.3 Å². The zero-order valence-corrected chi connectivity index (χ0v) is 7.30. The van der Waals surface area contributed by atoms with E-state index in [1.807, 2.05) is 0 Å². The Kier molecular flexibility index (Phi) is 2.02. The largest absolute Gasteiger partial charge is 0.246 e. The smallest absolute Gasteiger partial charge is 0.103 e. The van der Waals surface area contributed by atoms with Crippen LogP contribution in [0.5, 0.6) is 0 Å². The lowest BCUT2D eigenvalue weighted by Crippen LogP contribution is -2.63. The first kappa shape index (κ1) is 8.02. The zero-order chi connectivity index (χ0) is 7.78. The van der Waals surface area contributed by atoms with E-state index in [2.05, 4.69) is 20.9 Å². The average Bonchev–Trinajstić information content (AvgIpc) is 1.84. The Labute approximate surface area is 63.6 Å². The van der Waals surface area contributed by atoms with Crippen LogP contribution in [0.25, 0.3) is 0 Å². The van der Waals surface area contributed by atoms with Gasteiger partial charge in [0.15, 0.2) is 0 Å². The summed E-state index contributed by atoms with van der Waals surface area (Å²) in [6.45, 7) is 4.49. The van der Waals surface area contributed by atoms with Crippen LogP contribution in [0.4, 0.5) is 0 Å². The highest BCUT2D eigenvalue weighted by Gasteiger charge is 2.35. The number of likely N-dealkylation sites (tertiary alicyclic amines) is 1. The highest BCUT2D eigenvalue weighted by Crippen LogP contribution is 2.24. The van der Waals surface area contributed by atoms with Gasteiger partial charge in [0, 0.05) is 12.8 Å². The fourth-order valence-electron chi connectivity index (χ4n) is 1.70. The van der Waals surface area contributed by atoms with E-state index in [1.165, 1.54) is 19.3 Å². The summed E-state index contributed by atoms with van der Waals surface area (Å²) in [7, 11) is 2.13. The molecule has 0 radical (unpaired) electrons. The Hall–Kier alpha value is -0.0800. The van der Waals surface area contributed by atoms with Gasteiger partial charge >= 0.3 is 0 Å². The third kappa shape index (κ3) is 1.18. The topological polar surface area (TPSA) is 26.0 Å². The van der Waals surface area contributed by atoms with Gasteiger partial charge in [-0.15, -0.1) is 0 Å². The van der Waals surface area contributed by atoms with Gasteiger partial charge in [0.1, 0.15) is 12.1 Å². The van der Waals surface area contributed by atoms with Gasteiger partial charge in [0.2, 0.25) is 0 Å². The van der Waals surface area contributed by atoms with Crippen LogP contribution in [0.3, 0.4) is 0 Å². The summed E-state index contributed by atoms with van der Waals surface area (Å²) >= 11 is 0. The molecule has 2 atom stereocenters. The molecule has 1 aliphatic heterocycles. The molecule has 0 aromatic rings. The van der Waals surface area contributed by atoms with Gasteiger partial charge in [-0.25, -0.2) is 4.59 Å². The van der Waals surface area contributed by atoms with E-state index in [-0.39, 0.29) is 0 Å². The number of nitrogens with zero attached hydrogens (tertiary/aromatic N) is 1. The Balaban J connectivity index is 2.63. The van der Waals surface area contributed by atoms with Crippen molar-refractivity contribution < 1.29 is 4.59 Å². The van der Waals surface area contributed by atoms with Crippen molar-refractivity contribution >= 4 is 0 Å². The number of quaternary nitrogens is 1. The van der Waals surface area contributed by atoms with E-state index < -0.39 is 0 Å². The minimum absolute atomic E-state index is 0.642.